The second-order valence-electron chi connectivity index (χ2n) is 5.09. The topological polar surface area (TPSA) is 196 Å². The average Bonchev–Trinajstić information content (AvgIpc) is 2.58. The molecule has 0 aliphatic carbocycles. The first-order valence-electron chi connectivity index (χ1n) is 7.60. The van der Waals surface area contributed by atoms with Crippen LogP contribution in [0.1, 0.15) is 0 Å². The Balaban J connectivity index is 0.000000523. The van der Waals surface area contributed by atoms with Gasteiger partial charge >= 0.3 is 0 Å². The zero-order valence-electron chi connectivity index (χ0n) is 14.9. The Morgan fingerprint density at radius 2 is 0.897 bits per heavy atom. The van der Waals surface area contributed by atoms with E-state index in [-0.39, 0.29) is 36.2 Å². The lowest BCUT2D eigenvalue weighted by atomic mass is 10.3. The number of nitrogens with two attached hydrogens (primary N) is 2. The summed E-state index contributed by atoms with van der Waals surface area (Å²) >= 11 is 11.4. The first kappa shape index (κ1) is 25.8. The number of hydrogen-bond donors (Lipinski definition) is 10. The summed E-state index contributed by atoms with van der Waals surface area (Å²) in [4.78, 5) is 0. The molecule has 0 aliphatic heterocycles. The molecule has 0 heterocycles. The lowest BCUT2D eigenvalue weighted by Crippen LogP contribution is -2.39. The lowest BCUT2D eigenvalue weighted by molar-refractivity contribution is 1.20. The maximum Gasteiger partial charge on any atom is 0.199 e. The molecule has 0 saturated heterocycles. The Morgan fingerprint density at radius 1 is 0.621 bits per heavy atom. The van der Waals surface area contributed by atoms with E-state index in [0.29, 0.717) is 21.4 Å². The molecular weight excluding hydrogens is 439 g/mol. The molecule has 0 radical (unpaired) electrons. The molecule has 2 aromatic carbocycles. The normalized spacial score (nSPS) is 8.90. The molecule has 29 heavy (non-hydrogen) atoms. The highest BCUT2D eigenvalue weighted by atomic mass is 35.5. The third-order valence-corrected chi connectivity index (χ3v) is 3.25. The van der Waals surface area contributed by atoms with E-state index in [4.69, 9.17) is 56.3 Å². The zero-order chi connectivity index (χ0) is 21.1. The van der Waals surface area contributed by atoms with Crippen molar-refractivity contribution in [2.24, 2.45) is 11.5 Å². The van der Waals surface area contributed by atoms with Gasteiger partial charge < -0.3 is 22.1 Å². The van der Waals surface area contributed by atoms with E-state index < -0.39 is 0 Å². The van der Waals surface area contributed by atoms with Gasteiger partial charge in [0.15, 0.2) is 23.8 Å². The Hall–Kier alpha value is -3.21. The summed E-state index contributed by atoms with van der Waals surface area (Å²) in [7, 11) is 0. The first-order chi connectivity index (χ1) is 13.2. The second-order valence-corrected chi connectivity index (χ2v) is 5.96. The molecule has 13 heteroatoms. The summed E-state index contributed by atoms with van der Waals surface area (Å²) in [5, 5.41) is 39.7. The van der Waals surface area contributed by atoms with Gasteiger partial charge in [-0.25, -0.2) is 0 Å². The summed E-state index contributed by atoms with van der Waals surface area (Å²) in [5.41, 5.74) is 11.5. The van der Waals surface area contributed by atoms with Crippen molar-refractivity contribution < 1.29 is 0 Å². The van der Waals surface area contributed by atoms with Gasteiger partial charge in [0.2, 0.25) is 0 Å². The van der Waals surface area contributed by atoms with Gasteiger partial charge in [-0.05, 0) is 48.5 Å². The zero-order valence-corrected chi connectivity index (χ0v) is 17.3. The van der Waals surface area contributed by atoms with Crippen LogP contribution < -0.4 is 32.7 Å². The van der Waals surface area contributed by atoms with Crippen LogP contribution >= 0.6 is 35.6 Å². The molecule has 0 bridgehead atoms. The molecule has 0 saturated carbocycles. The van der Waals surface area contributed by atoms with Crippen molar-refractivity contribution in [3.05, 3.63) is 58.6 Å². The van der Waals surface area contributed by atoms with Crippen molar-refractivity contribution in [2.45, 2.75) is 0 Å². The maximum absolute atomic E-state index is 7.33. The summed E-state index contributed by atoms with van der Waals surface area (Å²) in [6, 6.07) is 13.7. The van der Waals surface area contributed by atoms with Crippen LogP contribution in [0.3, 0.4) is 0 Å². The van der Waals surface area contributed by atoms with Gasteiger partial charge in [0, 0.05) is 21.4 Å². The van der Waals surface area contributed by atoms with E-state index in [1.54, 1.807) is 48.5 Å². The fourth-order valence-electron chi connectivity index (χ4n) is 1.69. The summed E-state index contributed by atoms with van der Waals surface area (Å²) in [6.07, 6.45) is 0. The Labute approximate surface area is 183 Å². The third-order valence-electron chi connectivity index (χ3n) is 2.75. The smallest absolute Gasteiger partial charge is 0.199 e. The van der Waals surface area contributed by atoms with E-state index in [2.05, 4.69) is 21.3 Å². The molecule has 0 atom stereocenters. The van der Waals surface area contributed by atoms with Crippen molar-refractivity contribution in [1.29, 1.82) is 21.6 Å². The molecule has 156 valence electrons. The molecule has 0 aliphatic rings. The number of anilines is 2. The molecule has 2 rings (SSSR count). The molecule has 10 nitrogen and oxygen atoms in total. The highest BCUT2D eigenvalue weighted by molar-refractivity contribution is 6.31. The Kier molecular flexibility index (Phi) is 11.6. The van der Waals surface area contributed by atoms with E-state index in [9.17, 15) is 0 Å². The highest BCUT2D eigenvalue weighted by Crippen LogP contribution is 2.13. The number of hydrogen-bond acceptors (Lipinski definition) is 4. The van der Waals surface area contributed by atoms with Gasteiger partial charge in [-0.2, -0.15) is 0 Å². The second kappa shape index (κ2) is 13.0. The monoisotopic (exact) mass is 458 g/mol. The average molecular weight is 460 g/mol. The molecule has 12 N–H and O–H groups in total. The molecule has 2 aromatic rings. The molecule has 0 amide bonds. The standard InChI is InChI=1S/2C8H10ClN5.ClH/c2*9-5-1-3-6(4-2-5)13-8(12)14-7(10)11;/h2*1-4H,(H6,10,11,12,13,14);1H. The minimum absolute atomic E-state index is 0. The SMILES string of the molecule is Cl.N=C(N)NC(=N)Nc1ccc(Cl)cc1.N=C(N)NC(=N)Nc1ccc(Cl)cc1. The number of benzene rings is 2. The molecule has 0 fully saturated rings. The van der Waals surface area contributed by atoms with Gasteiger partial charge in [-0.3, -0.25) is 32.3 Å². The molecule has 0 unspecified atom stereocenters. The van der Waals surface area contributed by atoms with E-state index in [0.717, 1.165) is 0 Å². The quantitative estimate of drug-likeness (QED) is 0.242. The van der Waals surface area contributed by atoms with Crippen LogP contribution in [0.15, 0.2) is 48.5 Å². The first-order valence-corrected chi connectivity index (χ1v) is 8.35. The van der Waals surface area contributed by atoms with Gasteiger partial charge in [0.1, 0.15) is 0 Å². The fraction of sp³-hybridized carbons (Fsp3) is 0. The van der Waals surface area contributed by atoms with Crippen LogP contribution in [0, 0.1) is 21.6 Å². The van der Waals surface area contributed by atoms with Crippen LogP contribution in [-0.2, 0) is 0 Å². The van der Waals surface area contributed by atoms with E-state index in [1.807, 2.05) is 0 Å². The van der Waals surface area contributed by atoms with Crippen LogP contribution in [0.2, 0.25) is 10.0 Å². The van der Waals surface area contributed by atoms with Crippen molar-refractivity contribution in [2.75, 3.05) is 10.6 Å². The predicted octanol–water partition coefficient (Wildman–Crippen LogP) is 2.76. The van der Waals surface area contributed by atoms with Gasteiger partial charge in [-0.15, -0.1) is 12.4 Å². The fourth-order valence-corrected chi connectivity index (χ4v) is 1.94. The summed E-state index contributed by atoms with van der Waals surface area (Å²) in [5.74, 6) is -0.674. The van der Waals surface area contributed by atoms with Crippen molar-refractivity contribution >= 4 is 70.8 Å². The Bertz CT molecular complexity index is 766. The number of halogens is 3. The number of rotatable bonds is 2. The molecule has 0 aromatic heterocycles. The lowest BCUT2D eigenvalue weighted by Gasteiger charge is -2.08. The van der Waals surface area contributed by atoms with Crippen molar-refractivity contribution in [3.8, 4) is 0 Å². The largest absolute Gasteiger partial charge is 0.370 e. The predicted molar refractivity (Wildman–Crippen MR) is 123 cm³/mol. The summed E-state index contributed by atoms with van der Waals surface area (Å²) in [6.45, 7) is 0. The van der Waals surface area contributed by atoms with E-state index in [1.165, 1.54) is 0 Å². The molecular formula is C16H21Cl3N10. The van der Waals surface area contributed by atoms with Crippen LogP contribution in [0.5, 0.6) is 0 Å². The minimum Gasteiger partial charge on any atom is -0.370 e. The van der Waals surface area contributed by atoms with Gasteiger partial charge in [0.25, 0.3) is 0 Å². The summed E-state index contributed by atoms with van der Waals surface area (Å²) < 4.78 is 0. The minimum atomic E-state index is -0.281. The van der Waals surface area contributed by atoms with Gasteiger partial charge in [-0.1, -0.05) is 23.2 Å². The van der Waals surface area contributed by atoms with Gasteiger partial charge in [0.05, 0.1) is 0 Å². The molecule has 0 spiro atoms. The van der Waals surface area contributed by atoms with E-state index >= 15 is 0 Å². The highest BCUT2D eigenvalue weighted by Gasteiger charge is 1.98. The number of nitrogens with one attached hydrogen (secondary N) is 8. The van der Waals surface area contributed by atoms with Crippen molar-refractivity contribution in [3.63, 3.8) is 0 Å². The van der Waals surface area contributed by atoms with Crippen LogP contribution in [0.25, 0.3) is 0 Å². The number of guanidine groups is 4. The third kappa shape index (κ3) is 12.0. The van der Waals surface area contributed by atoms with Crippen LogP contribution in [-0.4, -0.2) is 23.8 Å². The Morgan fingerprint density at radius 3 is 1.14 bits per heavy atom. The van der Waals surface area contributed by atoms with Crippen LogP contribution in [0.4, 0.5) is 11.4 Å². The van der Waals surface area contributed by atoms with Crippen molar-refractivity contribution in [1.82, 2.24) is 10.6 Å². The maximum atomic E-state index is 7.33.